The van der Waals surface area contributed by atoms with Crippen molar-refractivity contribution < 1.29 is 14.7 Å². The van der Waals surface area contributed by atoms with Crippen LogP contribution < -0.4 is 0 Å². The molecule has 0 spiro atoms. The van der Waals surface area contributed by atoms with E-state index in [0.29, 0.717) is 6.42 Å². The van der Waals surface area contributed by atoms with Gasteiger partial charge in [0.15, 0.2) is 5.78 Å². The van der Waals surface area contributed by atoms with Gasteiger partial charge < -0.3 is 5.11 Å². The van der Waals surface area contributed by atoms with Gasteiger partial charge in [-0.15, -0.1) is 0 Å². The Morgan fingerprint density at radius 2 is 1.38 bits per heavy atom. The van der Waals surface area contributed by atoms with Gasteiger partial charge in [0.05, 0.1) is 0 Å². The Morgan fingerprint density at radius 3 is 2.05 bits per heavy atom. The van der Waals surface area contributed by atoms with E-state index in [9.17, 15) is 9.59 Å². The first-order valence-corrected chi connectivity index (χ1v) is 8.58. The monoisotopic (exact) mass is 296 g/mol. The quantitative estimate of drug-likeness (QED) is 0.330. The van der Waals surface area contributed by atoms with Gasteiger partial charge in [0.2, 0.25) is 0 Å². The summed E-state index contributed by atoms with van der Waals surface area (Å²) in [5.74, 6) is -0.496. The number of carboxylic acids is 1. The number of hydrogen-bond donors (Lipinski definition) is 1. The van der Waals surface area contributed by atoms with Gasteiger partial charge >= 0.3 is 5.97 Å². The van der Waals surface area contributed by atoms with E-state index in [2.05, 4.69) is 6.92 Å². The summed E-state index contributed by atoms with van der Waals surface area (Å²) in [6.45, 7) is 2.22. The van der Waals surface area contributed by atoms with Gasteiger partial charge in [-0.1, -0.05) is 57.9 Å². The van der Waals surface area contributed by atoms with Crippen LogP contribution >= 0.6 is 0 Å². The molecule has 0 atom stereocenters. The maximum atomic E-state index is 11.6. The Balaban J connectivity index is 3.32. The van der Waals surface area contributed by atoms with Crippen LogP contribution in [0.4, 0.5) is 0 Å². The van der Waals surface area contributed by atoms with E-state index >= 15 is 0 Å². The molecule has 0 bridgehead atoms. The van der Waals surface area contributed by atoms with Crippen molar-refractivity contribution in [3.63, 3.8) is 0 Å². The van der Waals surface area contributed by atoms with E-state index < -0.39 is 5.97 Å². The lowest BCUT2D eigenvalue weighted by atomic mass is 10.1. The highest BCUT2D eigenvalue weighted by molar-refractivity contribution is 5.89. The number of carbonyl (C=O) groups excluding carboxylic acids is 1. The summed E-state index contributed by atoms with van der Waals surface area (Å²) in [5, 5.41) is 8.49. The van der Waals surface area contributed by atoms with Crippen molar-refractivity contribution in [2.75, 3.05) is 0 Å². The topological polar surface area (TPSA) is 54.4 Å². The van der Waals surface area contributed by atoms with Crippen LogP contribution in [0.1, 0.15) is 90.4 Å². The first kappa shape index (κ1) is 19.9. The third kappa shape index (κ3) is 16.8. The van der Waals surface area contributed by atoms with Crippen molar-refractivity contribution in [2.45, 2.75) is 90.4 Å². The SMILES string of the molecule is CCCCCCCCCC(=O)/C=C/CCCCCC(=O)O. The number of carboxylic acid groups (broad SMARTS) is 1. The molecule has 0 saturated carbocycles. The van der Waals surface area contributed by atoms with E-state index in [1.807, 2.05) is 6.08 Å². The lowest BCUT2D eigenvalue weighted by Gasteiger charge is -1.99. The van der Waals surface area contributed by atoms with Gasteiger partial charge in [-0.2, -0.15) is 0 Å². The van der Waals surface area contributed by atoms with Crippen LogP contribution in [0.25, 0.3) is 0 Å². The average Bonchev–Trinajstić information content (AvgIpc) is 2.45. The smallest absolute Gasteiger partial charge is 0.303 e. The van der Waals surface area contributed by atoms with Crippen LogP contribution in [0.3, 0.4) is 0 Å². The predicted octanol–water partition coefficient (Wildman–Crippen LogP) is 5.29. The highest BCUT2D eigenvalue weighted by Gasteiger charge is 1.98. The molecule has 122 valence electrons. The molecule has 0 aliphatic rings. The molecule has 0 rings (SSSR count). The lowest BCUT2D eigenvalue weighted by Crippen LogP contribution is -1.93. The second-order valence-electron chi connectivity index (χ2n) is 5.73. The number of rotatable bonds is 15. The maximum absolute atomic E-state index is 11.6. The molecule has 1 N–H and O–H groups in total. The zero-order chi connectivity index (χ0) is 15.8. The third-order valence-electron chi connectivity index (χ3n) is 3.59. The maximum Gasteiger partial charge on any atom is 0.303 e. The molecule has 0 unspecified atom stereocenters. The molecule has 0 aromatic carbocycles. The second kappa shape index (κ2) is 15.3. The van der Waals surface area contributed by atoms with Crippen molar-refractivity contribution in [3.05, 3.63) is 12.2 Å². The van der Waals surface area contributed by atoms with Crippen molar-refractivity contribution in [2.24, 2.45) is 0 Å². The molecule has 0 aromatic rings. The first-order valence-electron chi connectivity index (χ1n) is 8.58. The van der Waals surface area contributed by atoms with Crippen LogP contribution in [-0.2, 0) is 9.59 Å². The Hall–Kier alpha value is -1.12. The molecule has 0 fully saturated rings. The van der Waals surface area contributed by atoms with Gasteiger partial charge in [0, 0.05) is 12.8 Å². The fourth-order valence-corrected chi connectivity index (χ4v) is 2.27. The van der Waals surface area contributed by atoms with Crippen molar-refractivity contribution in [1.82, 2.24) is 0 Å². The summed E-state index contributed by atoms with van der Waals surface area (Å²) in [6.07, 6.45) is 16.7. The number of allylic oxidation sites excluding steroid dienone is 2. The molecule has 3 heteroatoms. The standard InChI is InChI=1S/C18H32O3/c1-2-3-4-5-6-8-11-14-17(19)15-12-9-7-10-13-16-18(20)21/h12,15H,2-11,13-14,16H2,1H3,(H,20,21)/b15-12+. The Kier molecular flexibility index (Phi) is 14.5. The van der Waals surface area contributed by atoms with Crippen LogP contribution in [0.15, 0.2) is 12.2 Å². The van der Waals surface area contributed by atoms with Crippen LogP contribution in [-0.4, -0.2) is 16.9 Å². The molecule has 0 amide bonds. The minimum Gasteiger partial charge on any atom is -0.481 e. The molecule has 0 aromatic heterocycles. The molecule has 0 saturated heterocycles. The summed E-state index contributed by atoms with van der Waals surface area (Å²) >= 11 is 0. The Labute approximate surface area is 129 Å². The largest absolute Gasteiger partial charge is 0.481 e. The first-order chi connectivity index (χ1) is 10.2. The summed E-state index contributed by atoms with van der Waals surface area (Å²) in [6, 6.07) is 0. The van der Waals surface area contributed by atoms with Crippen molar-refractivity contribution >= 4 is 11.8 Å². The average molecular weight is 296 g/mol. The zero-order valence-corrected chi connectivity index (χ0v) is 13.6. The van der Waals surface area contributed by atoms with E-state index in [1.165, 1.54) is 38.5 Å². The van der Waals surface area contributed by atoms with E-state index in [4.69, 9.17) is 5.11 Å². The van der Waals surface area contributed by atoms with Crippen LogP contribution in [0.5, 0.6) is 0 Å². The highest BCUT2D eigenvalue weighted by Crippen LogP contribution is 2.09. The molecule has 0 heterocycles. The highest BCUT2D eigenvalue weighted by atomic mass is 16.4. The molecular formula is C18H32O3. The van der Waals surface area contributed by atoms with Gasteiger partial charge in [-0.3, -0.25) is 9.59 Å². The Bertz CT molecular complexity index is 295. The zero-order valence-electron chi connectivity index (χ0n) is 13.6. The number of hydrogen-bond acceptors (Lipinski definition) is 2. The van der Waals surface area contributed by atoms with Gasteiger partial charge in [0.1, 0.15) is 0 Å². The lowest BCUT2D eigenvalue weighted by molar-refractivity contribution is -0.137. The molecule has 0 aliphatic heterocycles. The van der Waals surface area contributed by atoms with E-state index in [-0.39, 0.29) is 12.2 Å². The van der Waals surface area contributed by atoms with Crippen molar-refractivity contribution in [3.8, 4) is 0 Å². The minimum atomic E-state index is -0.726. The van der Waals surface area contributed by atoms with Gasteiger partial charge in [-0.25, -0.2) is 0 Å². The van der Waals surface area contributed by atoms with Crippen molar-refractivity contribution in [1.29, 1.82) is 0 Å². The number of unbranched alkanes of at least 4 members (excludes halogenated alkanes) is 9. The fourth-order valence-electron chi connectivity index (χ4n) is 2.27. The van der Waals surface area contributed by atoms with Crippen LogP contribution in [0.2, 0.25) is 0 Å². The van der Waals surface area contributed by atoms with E-state index in [0.717, 1.165) is 32.1 Å². The summed E-state index contributed by atoms with van der Waals surface area (Å²) in [7, 11) is 0. The number of ketones is 1. The van der Waals surface area contributed by atoms with E-state index in [1.54, 1.807) is 6.08 Å². The predicted molar refractivity (Wildman–Crippen MR) is 87.5 cm³/mol. The summed E-state index contributed by atoms with van der Waals surface area (Å²) in [5.41, 5.74) is 0. The molecule has 0 aliphatic carbocycles. The van der Waals surface area contributed by atoms with Gasteiger partial charge in [-0.05, 0) is 31.8 Å². The number of aliphatic carboxylic acids is 1. The molecule has 3 nitrogen and oxygen atoms in total. The fraction of sp³-hybridized carbons (Fsp3) is 0.778. The minimum absolute atomic E-state index is 0.231. The number of carbonyl (C=O) groups is 2. The Morgan fingerprint density at radius 1 is 0.810 bits per heavy atom. The molecule has 0 radical (unpaired) electrons. The normalized spacial score (nSPS) is 11.1. The summed E-state index contributed by atoms with van der Waals surface area (Å²) in [4.78, 5) is 21.9. The molecule has 21 heavy (non-hydrogen) atoms. The molecular weight excluding hydrogens is 264 g/mol. The third-order valence-corrected chi connectivity index (χ3v) is 3.59. The summed E-state index contributed by atoms with van der Waals surface area (Å²) < 4.78 is 0. The second-order valence-corrected chi connectivity index (χ2v) is 5.73. The van der Waals surface area contributed by atoms with Crippen LogP contribution in [0, 0.1) is 0 Å². The van der Waals surface area contributed by atoms with Gasteiger partial charge in [0.25, 0.3) is 0 Å².